The smallest absolute Gasteiger partial charge is 0.406 e. The lowest BCUT2D eigenvalue weighted by atomic mass is 9.74. The summed E-state index contributed by atoms with van der Waals surface area (Å²) in [6, 6.07) is 10.1. The van der Waals surface area contributed by atoms with Crippen LogP contribution in [0.2, 0.25) is 0 Å². The van der Waals surface area contributed by atoms with Gasteiger partial charge in [-0.1, -0.05) is 25.5 Å². The van der Waals surface area contributed by atoms with Gasteiger partial charge in [-0.15, -0.1) is 13.2 Å². The highest BCUT2D eigenvalue weighted by molar-refractivity contribution is 5.39. The van der Waals surface area contributed by atoms with Gasteiger partial charge in [0.15, 0.2) is 0 Å². The molecule has 0 radical (unpaired) electrons. The lowest BCUT2D eigenvalue weighted by Crippen LogP contribution is -2.21. The SMILES string of the molecule is CCCc1cc(F)c(CCC2CCc3c(cc(F)c(C4CCC(c5ccc(OC(F)(F)F)cc5)CC4)c3F)C2)c(F)c1. The number of hydrogen-bond acceptors (Lipinski definition) is 1. The third-order valence-electron chi connectivity index (χ3n) is 9.02. The first kappa shape index (κ1) is 30.4. The Hall–Kier alpha value is -3.03. The van der Waals surface area contributed by atoms with Gasteiger partial charge in [0.25, 0.3) is 0 Å². The van der Waals surface area contributed by atoms with Gasteiger partial charge < -0.3 is 4.74 Å². The highest BCUT2D eigenvalue weighted by Crippen LogP contribution is 2.44. The molecule has 0 amide bonds. The third kappa shape index (κ3) is 6.95. The van der Waals surface area contributed by atoms with Crippen LogP contribution in [0.5, 0.6) is 5.75 Å². The van der Waals surface area contributed by atoms with E-state index in [0.717, 1.165) is 12.0 Å². The quantitative estimate of drug-likeness (QED) is 0.237. The predicted molar refractivity (Wildman–Crippen MR) is 148 cm³/mol. The van der Waals surface area contributed by atoms with Gasteiger partial charge >= 0.3 is 6.36 Å². The Kier molecular flexibility index (Phi) is 9.19. The van der Waals surface area contributed by atoms with Crippen molar-refractivity contribution >= 4 is 0 Å². The summed E-state index contributed by atoms with van der Waals surface area (Å²) in [6.45, 7) is 1.95. The lowest BCUT2D eigenvalue weighted by molar-refractivity contribution is -0.274. The maximum Gasteiger partial charge on any atom is 0.573 e. The summed E-state index contributed by atoms with van der Waals surface area (Å²) in [4.78, 5) is 0. The molecule has 1 saturated carbocycles. The van der Waals surface area contributed by atoms with Crippen LogP contribution in [0.25, 0.3) is 0 Å². The number of aryl methyl sites for hydroxylation is 1. The average molecular weight is 593 g/mol. The Labute approximate surface area is 242 Å². The van der Waals surface area contributed by atoms with E-state index < -0.39 is 29.6 Å². The lowest BCUT2D eigenvalue weighted by Gasteiger charge is -2.32. The van der Waals surface area contributed by atoms with E-state index >= 15 is 8.78 Å². The molecule has 5 rings (SSSR count). The highest BCUT2D eigenvalue weighted by Gasteiger charge is 2.33. The summed E-state index contributed by atoms with van der Waals surface area (Å²) in [7, 11) is 0. The summed E-state index contributed by atoms with van der Waals surface area (Å²) >= 11 is 0. The van der Waals surface area contributed by atoms with Gasteiger partial charge in [0.1, 0.15) is 29.0 Å². The van der Waals surface area contributed by atoms with E-state index in [-0.39, 0.29) is 41.1 Å². The van der Waals surface area contributed by atoms with Gasteiger partial charge in [0.2, 0.25) is 0 Å². The normalized spacial score (nSPS) is 20.8. The molecule has 1 nitrogen and oxygen atoms in total. The van der Waals surface area contributed by atoms with Gasteiger partial charge in [-0.2, -0.15) is 0 Å². The largest absolute Gasteiger partial charge is 0.573 e. The second kappa shape index (κ2) is 12.7. The summed E-state index contributed by atoms with van der Waals surface area (Å²) in [5, 5.41) is 0. The molecular weight excluding hydrogens is 557 g/mol. The molecule has 1 atom stereocenters. The Morgan fingerprint density at radius 1 is 0.786 bits per heavy atom. The van der Waals surface area contributed by atoms with Gasteiger partial charge in [-0.25, -0.2) is 17.6 Å². The summed E-state index contributed by atoms with van der Waals surface area (Å²) in [6.07, 6.45) is 1.57. The first-order valence-corrected chi connectivity index (χ1v) is 14.8. The van der Waals surface area contributed by atoms with Crippen LogP contribution in [-0.4, -0.2) is 6.36 Å². The Morgan fingerprint density at radius 2 is 1.43 bits per heavy atom. The molecule has 8 heteroatoms. The van der Waals surface area contributed by atoms with Crippen LogP contribution in [0.4, 0.5) is 30.7 Å². The van der Waals surface area contributed by atoms with Crippen LogP contribution < -0.4 is 4.74 Å². The van der Waals surface area contributed by atoms with Crippen molar-refractivity contribution in [1.82, 2.24) is 0 Å². The number of hydrogen-bond donors (Lipinski definition) is 0. The van der Waals surface area contributed by atoms with Crippen molar-refractivity contribution in [2.45, 2.75) is 95.8 Å². The fourth-order valence-corrected chi connectivity index (χ4v) is 6.89. The summed E-state index contributed by atoms with van der Waals surface area (Å²) < 4.78 is 101. The van der Waals surface area contributed by atoms with Crippen LogP contribution in [-0.2, 0) is 25.7 Å². The number of fused-ring (bicyclic) bond motifs is 1. The van der Waals surface area contributed by atoms with Crippen molar-refractivity contribution in [2.75, 3.05) is 0 Å². The van der Waals surface area contributed by atoms with E-state index in [0.29, 0.717) is 74.5 Å². The molecule has 3 aromatic rings. The molecule has 42 heavy (non-hydrogen) atoms. The Morgan fingerprint density at radius 3 is 2.05 bits per heavy atom. The summed E-state index contributed by atoms with van der Waals surface area (Å²) in [5.41, 5.74) is 2.93. The van der Waals surface area contributed by atoms with Gasteiger partial charge in [0, 0.05) is 11.1 Å². The second-order valence-electron chi connectivity index (χ2n) is 11.8. The predicted octanol–water partition coefficient (Wildman–Crippen LogP) is 10.3. The highest BCUT2D eigenvalue weighted by atomic mass is 19.4. The monoisotopic (exact) mass is 592 g/mol. The van der Waals surface area contributed by atoms with E-state index in [4.69, 9.17) is 0 Å². The molecule has 0 N–H and O–H groups in total. The molecule has 2 aliphatic rings. The minimum Gasteiger partial charge on any atom is -0.406 e. The number of halogens is 7. The van der Waals surface area contributed by atoms with Crippen LogP contribution >= 0.6 is 0 Å². The van der Waals surface area contributed by atoms with Crippen molar-refractivity contribution in [3.05, 3.63) is 99.1 Å². The molecule has 0 saturated heterocycles. The second-order valence-corrected chi connectivity index (χ2v) is 11.8. The average Bonchev–Trinajstić information content (AvgIpc) is 2.93. The van der Waals surface area contributed by atoms with Crippen LogP contribution in [0.3, 0.4) is 0 Å². The van der Waals surface area contributed by atoms with Gasteiger partial charge in [-0.05, 0) is 135 Å². The minimum atomic E-state index is -4.75. The topological polar surface area (TPSA) is 9.23 Å². The molecule has 1 unspecified atom stereocenters. The number of rotatable bonds is 8. The standard InChI is InChI=1S/C34H35F7O/c1-2-3-21-17-29(35)28(30(36)18-21)15-5-20-4-14-27-25(16-20)19-31(37)32(33(27)38)24-8-6-22(7-9-24)23-10-12-26(13-11-23)42-34(39,40)41/h10-13,17-20,22,24H,2-9,14-16H2,1H3. The van der Waals surface area contributed by atoms with Crippen LogP contribution in [0.1, 0.15) is 97.1 Å². The molecule has 0 bridgehead atoms. The fraction of sp³-hybridized carbons (Fsp3) is 0.471. The van der Waals surface area contributed by atoms with E-state index in [1.54, 1.807) is 12.1 Å². The van der Waals surface area contributed by atoms with Crippen molar-refractivity contribution in [3.8, 4) is 5.75 Å². The molecule has 1 fully saturated rings. The maximum atomic E-state index is 15.7. The van der Waals surface area contributed by atoms with E-state index in [1.165, 1.54) is 30.3 Å². The van der Waals surface area contributed by atoms with Crippen LogP contribution in [0, 0.1) is 29.2 Å². The third-order valence-corrected chi connectivity index (χ3v) is 9.02. The fourth-order valence-electron chi connectivity index (χ4n) is 6.89. The van der Waals surface area contributed by atoms with Crippen molar-refractivity contribution < 1.29 is 35.5 Å². The number of ether oxygens (including phenoxy) is 1. The number of benzene rings is 3. The van der Waals surface area contributed by atoms with Crippen LogP contribution in [0.15, 0.2) is 42.5 Å². The molecule has 2 aliphatic carbocycles. The van der Waals surface area contributed by atoms with Crippen molar-refractivity contribution in [3.63, 3.8) is 0 Å². The Balaban J connectivity index is 1.21. The first-order valence-electron chi connectivity index (χ1n) is 14.8. The zero-order valence-electron chi connectivity index (χ0n) is 23.6. The molecule has 3 aromatic carbocycles. The zero-order chi connectivity index (χ0) is 30.0. The zero-order valence-corrected chi connectivity index (χ0v) is 23.6. The maximum absolute atomic E-state index is 15.7. The molecule has 226 valence electrons. The summed E-state index contributed by atoms with van der Waals surface area (Å²) in [5.74, 6) is -2.43. The molecule has 0 heterocycles. The first-order chi connectivity index (χ1) is 20.0. The van der Waals surface area contributed by atoms with E-state index in [9.17, 15) is 22.0 Å². The van der Waals surface area contributed by atoms with Crippen molar-refractivity contribution in [2.24, 2.45) is 5.92 Å². The van der Waals surface area contributed by atoms with Gasteiger partial charge in [-0.3, -0.25) is 0 Å². The number of alkyl halides is 3. The van der Waals surface area contributed by atoms with E-state index in [2.05, 4.69) is 4.74 Å². The van der Waals surface area contributed by atoms with E-state index in [1.807, 2.05) is 6.92 Å². The molecule has 0 aromatic heterocycles. The molecule has 0 aliphatic heterocycles. The van der Waals surface area contributed by atoms with Crippen molar-refractivity contribution in [1.29, 1.82) is 0 Å². The minimum absolute atomic E-state index is 0.0783. The Bertz CT molecular complexity index is 1370. The molecule has 0 spiro atoms. The molecular formula is C34H35F7O. The van der Waals surface area contributed by atoms with Gasteiger partial charge in [0.05, 0.1) is 0 Å².